The van der Waals surface area contributed by atoms with Crippen LogP contribution in [0, 0.1) is 0 Å². The third-order valence-corrected chi connectivity index (χ3v) is 3.56. The summed E-state index contributed by atoms with van der Waals surface area (Å²) in [7, 11) is 0. The molecule has 7 nitrogen and oxygen atoms in total. The van der Waals surface area contributed by atoms with Gasteiger partial charge < -0.3 is 15.4 Å². The maximum absolute atomic E-state index is 11.8. The Labute approximate surface area is 122 Å². The third-order valence-electron chi connectivity index (χ3n) is 3.56. The van der Waals surface area contributed by atoms with Crippen molar-refractivity contribution in [1.29, 1.82) is 0 Å². The summed E-state index contributed by atoms with van der Waals surface area (Å²) in [4.78, 5) is 11.8. The fraction of sp³-hybridized carbons (Fsp3) is 0.500. The van der Waals surface area contributed by atoms with Gasteiger partial charge in [0.05, 0.1) is 12.6 Å². The molecule has 0 saturated carbocycles. The number of nitrogens with one attached hydrogen (secondary N) is 2. The van der Waals surface area contributed by atoms with E-state index in [0.29, 0.717) is 12.4 Å². The number of carbonyl (C=O) groups excluding carboxylic acids is 1. The lowest BCUT2D eigenvalue weighted by atomic mass is 10.1. The van der Waals surface area contributed by atoms with E-state index in [4.69, 9.17) is 4.74 Å². The molecule has 1 aliphatic rings. The summed E-state index contributed by atoms with van der Waals surface area (Å²) >= 11 is 0. The van der Waals surface area contributed by atoms with E-state index in [1.165, 1.54) is 0 Å². The number of fused-ring (bicyclic) bond motifs is 1. The fourth-order valence-electron chi connectivity index (χ4n) is 2.40. The molecule has 112 valence electrons. The van der Waals surface area contributed by atoms with E-state index in [0.717, 1.165) is 31.6 Å². The minimum absolute atomic E-state index is 0.0986. The first kappa shape index (κ1) is 14.0. The van der Waals surface area contributed by atoms with Crippen molar-refractivity contribution in [2.45, 2.75) is 25.5 Å². The Morgan fingerprint density at radius 3 is 3.10 bits per heavy atom. The zero-order valence-electron chi connectivity index (χ0n) is 11.8. The standard InChI is InChI=1S/C14H19N5O2/c20-14(10-21-11-4-6-15-7-5-11)16-9-13-18-17-12-3-1-2-8-19(12)13/h1-3,8,11,15H,4-7,9-10H2,(H,16,20). The second-order valence-electron chi connectivity index (χ2n) is 5.08. The number of rotatable bonds is 5. The van der Waals surface area contributed by atoms with Gasteiger partial charge in [-0.25, -0.2) is 0 Å². The molecule has 3 heterocycles. The van der Waals surface area contributed by atoms with Crippen LogP contribution in [0.5, 0.6) is 0 Å². The molecule has 2 aromatic heterocycles. The summed E-state index contributed by atoms with van der Waals surface area (Å²) in [6.45, 7) is 2.36. The molecule has 0 radical (unpaired) electrons. The second-order valence-corrected chi connectivity index (χ2v) is 5.08. The van der Waals surface area contributed by atoms with Gasteiger partial charge in [-0.1, -0.05) is 6.07 Å². The Morgan fingerprint density at radius 2 is 2.24 bits per heavy atom. The first-order valence-electron chi connectivity index (χ1n) is 7.20. The van der Waals surface area contributed by atoms with Gasteiger partial charge in [-0.05, 0) is 38.1 Å². The largest absolute Gasteiger partial charge is 0.368 e. The molecule has 0 unspecified atom stereocenters. The van der Waals surface area contributed by atoms with Crippen molar-refractivity contribution in [3.05, 3.63) is 30.2 Å². The van der Waals surface area contributed by atoms with Crippen LogP contribution in [0.2, 0.25) is 0 Å². The van der Waals surface area contributed by atoms with Crippen LogP contribution in [-0.2, 0) is 16.1 Å². The maximum Gasteiger partial charge on any atom is 0.246 e. The normalized spacial score (nSPS) is 16.2. The number of amides is 1. The number of ether oxygens (including phenoxy) is 1. The van der Waals surface area contributed by atoms with Crippen LogP contribution in [0.4, 0.5) is 0 Å². The summed E-state index contributed by atoms with van der Waals surface area (Å²) < 4.78 is 7.46. The van der Waals surface area contributed by atoms with Crippen molar-refractivity contribution in [2.24, 2.45) is 0 Å². The van der Waals surface area contributed by atoms with E-state index < -0.39 is 0 Å². The number of aromatic nitrogens is 3. The number of hydrogen-bond acceptors (Lipinski definition) is 5. The molecule has 1 aliphatic heterocycles. The summed E-state index contributed by atoms with van der Waals surface area (Å²) in [5, 5.41) is 14.2. The topological polar surface area (TPSA) is 80.5 Å². The average Bonchev–Trinajstić information content (AvgIpc) is 2.95. The quantitative estimate of drug-likeness (QED) is 0.817. The molecule has 0 aliphatic carbocycles. The van der Waals surface area contributed by atoms with Crippen molar-refractivity contribution in [3.8, 4) is 0 Å². The van der Waals surface area contributed by atoms with E-state index >= 15 is 0 Å². The molecule has 1 amide bonds. The van der Waals surface area contributed by atoms with Crippen LogP contribution >= 0.6 is 0 Å². The highest BCUT2D eigenvalue weighted by molar-refractivity contribution is 5.77. The highest BCUT2D eigenvalue weighted by Gasteiger charge is 2.15. The van der Waals surface area contributed by atoms with E-state index in [2.05, 4.69) is 20.8 Å². The summed E-state index contributed by atoms with van der Waals surface area (Å²) in [5.41, 5.74) is 0.771. The van der Waals surface area contributed by atoms with Crippen molar-refractivity contribution >= 4 is 11.6 Å². The SMILES string of the molecule is O=C(COC1CCNCC1)NCc1nnc2ccccn12. The van der Waals surface area contributed by atoms with Gasteiger partial charge in [0.2, 0.25) is 5.91 Å². The van der Waals surface area contributed by atoms with Crippen molar-refractivity contribution in [3.63, 3.8) is 0 Å². The Balaban J connectivity index is 1.47. The van der Waals surface area contributed by atoms with E-state index in [9.17, 15) is 4.79 Å². The molecule has 2 aromatic rings. The van der Waals surface area contributed by atoms with Gasteiger partial charge >= 0.3 is 0 Å². The number of hydrogen-bond donors (Lipinski definition) is 2. The molecule has 2 N–H and O–H groups in total. The number of pyridine rings is 1. The molecule has 3 rings (SSSR count). The lowest BCUT2D eigenvalue weighted by Crippen LogP contribution is -2.35. The number of carbonyl (C=O) groups is 1. The minimum atomic E-state index is -0.124. The Kier molecular flexibility index (Phi) is 4.42. The summed E-state index contributed by atoms with van der Waals surface area (Å²) in [6.07, 6.45) is 3.98. The Bertz CT molecular complexity index is 606. The van der Waals surface area contributed by atoms with Crippen molar-refractivity contribution < 1.29 is 9.53 Å². The van der Waals surface area contributed by atoms with Crippen molar-refractivity contribution in [1.82, 2.24) is 25.2 Å². The first-order chi connectivity index (χ1) is 10.3. The zero-order valence-corrected chi connectivity index (χ0v) is 11.8. The zero-order chi connectivity index (χ0) is 14.5. The molecule has 7 heteroatoms. The molecule has 21 heavy (non-hydrogen) atoms. The molecular formula is C14H19N5O2. The van der Waals surface area contributed by atoms with E-state index in [1.807, 2.05) is 28.8 Å². The molecule has 1 fully saturated rings. The van der Waals surface area contributed by atoms with Gasteiger partial charge in [0, 0.05) is 6.20 Å². The molecular weight excluding hydrogens is 270 g/mol. The molecule has 1 saturated heterocycles. The molecule has 0 spiro atoms. The second kappa shape index (κ2) is 6.64. The third kappa shape index (κ3) is 3.56. The van der Waals surface area contributed by atoms with Crippen LogP contribution < -0.4 is 10.6 Å². The van der Waals surface area contributed by atoms with Gasteiger partial charge in [0.15, 0.2) is 11.5 Å². The predicted octanol–water partition coefficient (Wildman–Crippen LogP) is 0.114. The highest BCUT2D eigenvalue weighted by Crippen LogP contribution is 2.06. The first-order valence-corrected chi connectivity index (χ1v) is 7.20. The van der Waals surface area contributed by atoms with E-state index in [1.54, 1.807) is 0 Å². The highest BCUT2D eigenvalue weighted by atomic mass is 16.5. The summed E-state index contributed by atoms with van der Waals surface area (Å²) in [5.74, 6) is 0.585. The van der Waals surface area contributed by atoms with Gasteiger partial charge in [-0.2, -0.15) is 0 Å². The van der Waals surface area contributed by atoms with Crippen molar-refractivity contribution in [2.75, 3.05) is 19.7 Å². The van der Waals surface area contributed by atoms with Gasteiger partial charge in [-0.15, -0.1) is 10.2 Å². The maximum atomic E-state index is 11.8. The van der Waals surface area contributed by atoms with Crippen LogP contribution in [-0.4, -0.2) is 46.3 Å². The summed E-state index contributed by atoms with van der Waals surface area (Å²) in [6, 6.07) is 5.68. The van der Waals surface area contributed by atoms with Gasteiger partial charge in [0.25, 0.3) is 0 Å². The Morgan fingerprint density at radius 1 is 1.38 bits per heavy atom. The van der Waals surface area contributed by atoms with Crippen LogP contribution in [0.3, 0.4) is 0 Å². The van der Waals surface area contributed by atoms with Crippen LogP contribution in [0.25, 0.3) is 5.65 Å². The lowest BCUT2D eigenvalue weighted by molar-refractivity contribution is -0.128. The average molecular weight is 289 g/mol. The van der Waals surface area contributed by atoms with Gasteiger partial charge in [0.1, 0.15) is 6.61 Å². The van der Waals surface area contributed by atoms with Crippen LogP contribution in [0.15, 0.2) is 24.4 Å². The lowest BCUT2D eigenvalue weighted by Gasteiger charge is -2.22. The molecule has 0 aromatic carbocycles. The molecule has 0 atom stereocenters. The number of piperidine rings is 1. The minimum Gasteiger partial charge on any atom is -0.368 e. The number of nitrogens with zero attached hydrogens (tertiary/aromatic N) is 3. The van der Waals surface area contributed by atoms with Gasteiger partial charge in [-0.3, -0.25) is 9.20 Å². The monoisotopic (exact) mass is 289 g/mol. The molecule has 0 bridgehead atoms. The van der Waals surface area contributed by atoms with Crippen LogP contribution in [0.1, 0.15) is 18.7 Å². The van der Waals surface area contributed by atoms with E-state index in [-0.39, 0.29) is 18.6 Å². The Hall–Kier alpha value is -1.99. The fourth-order valence-corrected chi connectivity index (χ4v) is 2.40. The predicted molar refractivity (Wildman–Crippen MR) is 76.7 cm³/mol. The smallest absolute Gasteiger partial charge is 0.246 e.